The predicted octanol–water partition coefficient (Wildman–Crippen LogP) is 4.64. The van der Waals surface area contributed by atoms with Crippen LogP contribution < -0.4 is 5.32 Å². The summed E-state index contributed by atoms with van der Waals surface area (Å²) in [6.45, 7) is 0.414. The van der Waals surface area contributed by atoms with E-state index in [1.54, 1.807) is 18.2 Å². The van der Waals surface area contributed by atoms with E-state index in [2.05, 4.69) is 5.32 Å². The molecule has 3 aromatic rings. The molecule has 0 heterocycles. The van der Waals surface area contributed by atoms with Gasteiger partial charge in [-0.05, 0) is 35.4 Å². The van der Waals surface area contributed by atoms with Gasteiger partial charge in [0.05, 0.1) is 5.56 Å². The third-order valence-electron chi connectivity index (χ3n) is 3.71. The van der Waals surface area contributed by atoms with Crippen LogP contribution in [0.1, 0.15) is 15.9 Å². The second kappa shape index (κ2) is 7.20. The molecule has 3 aromatic carbocycles. The Morgan fingerprint density at radius 3 is 2.38 bits per heavy atom. The third-order valence-corrected chi connectivity index (χ3v) is 4.04. The van der Waals surface area contributed by atoms with E-state index in [-0.39, 0.29) is 11.7 Å². The quantitative estimate of drug-likeness (QED) is 0.728. The molecule has 0 fully saturated rings. The predicted molar refractivity (Wildman–Crippen MR) is 96.2 cm³/mol. The van der Waals surface area contributed by atoms with E-state index in [1.807, 2.05) is 48.5 Å². The number of phenols is 1. The van der Waals surface area contributed by atoms with Crippen LogP contribution in [0, 0.1) is 0 Å². The van der Waals surface area contributed by atoms with Crippen LogP contribution in [0.25, 0.3) is 11.1 Å². The molecule has 120 valence electrons. The summed E-state index contributed by atoms with van der Waals surface area (Å²) < 4.78 is 0. The maximum Gasteiger partial charge on any atom is 0.252 e. The van der Waals surface area contributed by atoms with Gasteiger partial charge in [-0.3, -0.25) is 4.79 Å². The van der Waals surface area contributed by atoms with Crippen molar-refractivity contribution in [3.63, 3.8) is 0 Å². The van der Waals surface area contributed by atoms with Crippen LogP contribution in [0.15, 0.2) is 72.8 Å². The molecule has 0 unspecified atom stereocenters. The number of nitrogens with one attached hydrogen (secondary N) is 1. The Bertz CT molecular complexity index is 863. The molecular weight excluding hydrogens is 322 g/mol. The molecular formula is C20H16ClNO2. The number of carbonyl (C=O) groups excluding carboxylic acids is 1. The van der Waals surface area contributed by atoms with Crippen LogP contribution in [-0.4, -0.2) is 11.0 Å². The van der Waals surface area contributed by atoms with Gasteiger partial charge in [0.1, 0.15) is 5.75 Å². The van der Waals surface area contributed by atoms with Crippen LogP contribution in [0.3, 0.4) is 0 Å². The molecule has 0 spiro atoms. The molecule has 1 amide bonds. The molecule has 0 aliphatic heterocycles. The second-order valence-corrected chi connectivity index (χ2v) is 5.79. The lowest BCUT2D eigenvalue weighted by Crippen LogP contribution is -2.23. The van der Waals surface area contributed by atoms with Crippen molar-refractivity contribution in [3.8, 4) is 16.9 Å². The minimum Gasteiger partial charge on any atom is -0.508 e. The summed E-state index contributed by atoms with van der Waals surface area (Å²) in [6, 6.07) is 21.7. The number of carbonyl (C=O) groups is 1. The first-order chi connectivity index (χ1) is 11.6. The van der Waals surface area contributed by atoms with Gasteiger partial charge in [0, 0.05) is 17.1 Å². The number of hydrogen-bond donors (Lipinski definition) is 2. The highest BCUT2D eigenvalue weighted by Gasteiger charge is 2.15. The van der Waals surface area contributed by atoms with Gasteiger partial charge >= 0.3 is 0 Å². The molecule has 0 saturated carbocycles. The van der Waals surface area contributed by atoms with Crippen molar-refractivity contribution in [2.45, 2.75) is 6.54 Å². The summed E-state index contributed by atoms with van der Waals surface area (Å²) in [7, 11) is 0. The maximum absolute atomic E-state index is 12.6. The molecule has 24 heavy (non-hydrogen) atoms. The molecule has 0 aliphatic carbocycles. The fraction of sp³-hybridized carbons (Fsp3) is 0.0500. The van der Waals surface area contributed by atoms with Crippen molar-refractivity contribution < 1.29 is 9.90 Å². The van der Waals surface area contributed by atoms with Crippen LogP contribution >= 0.6 is 11.6 Å². The van der Waals surface area contributed by atoms with Gasteiger partial charge in [-0.15, -0.1) is 0 Å². The van der Waals surface area contributed by atoms with Gasteiger partial charge in [-0.1, -0.05) is 60.1 Å². The van der Waals surface area contributed by atoms with E-state index < -0.39 is 0 Å². The fourth-order valence-electron chi connectivity index (χ4n) is 2.51. The summed E-state index contributed by atoms with van der Waals surface area (Å²) >= 11 is 6.25. The lowest BCUT2D eigenvalue weighted by Gasteiger charge is -2.12. The number of aromatic hydroxyl groups is 1. The average molecular weight is 338 g/mol. The van der Waals surface area contributed by atoms with Crippen LogP contribution in [0.2, 0.25) is 5.02 Å². The maximum atomic E-state index is 12.6. The standard InChI is InChI=1S/C20H16ClNO2/c21-19-9-5-4-8-17(19)16-11-10-15(23)12-18(16)20(24)22-13-14-6-2-1-3-7-14/h1-12,23H,13H2,(H,22,24). The van der Waals surface area contributed by atoms with E-state index in [0.29, 0.717) is 22.7 Å². The van der Waals surface area contributed by atoms with Crippen molar-refractivity contribution in [1.82, 2.24) is 5.32 Å². The van der Waals surface area contributed by atoms with Crippen molar-refractivity contribution in [1.29, 1.82) is 0 Å². The summed E-state index contributed by atoms with van der Waals surface area (Å²) in [6.07, 6.45) is 0. The zero-order valence-electron chi connectivity index (χ0n) is 12.9. The van der Waals surface area contributed by atoms with Gasteiger partial charge in [-0.25, -0.2) is 0 Å². The van der Waals surface area contributed by atoms with Gasteiger partial charge in [0.15, 0.2) is 0 Å². The molecule has 0 aromatic heterocycles. The van der Waals surface area contributed by atoms with Crippen molar-refractivity contribution in [3.05, 3.63) is 88.9 Å². The van der Waals surface area contributed by atoms with Crippen LogP contribution in [0.4, 0.5) is 0 Å². The molecule has 3 rings (SSSR count). The Balaban J connectivity index is 1.91. The van der Waals surface area contributed by atoms with Crippen LogP contribution in [-0.2, 0) is 6.54 Å². The Morgan fingerprint density at radius 2 is 1.62 bits per heavy atom. The highest BCUT2D eigenvalue weighted by Crippen LogP contribution is 2.32. The summed E-state index contributed by atoms with van der Waals surface area (Å²) in [5.41, 5.74) is 2.83. The van der Waals surface area contributed by atoms with E-state index in [4.69, 9.17) is 11.6 Å². The third kappa shape index (κ3) is 3.58. The second-order valence-electron chi connectivity index (χ2n) is 5.38. The molecule has 0 saturated heterocycles. The smallest absolute Gasteiger partial charge is 0.252 e. The Labute approximate surface area is 145 Å². The van der Waals surface area contributed by atoms with Crippen LogP contribution in [0.5, 0.6) is 5.75 Å². The highest BCUT2D eigenvalue weighted by molar-refractivity contribution is 6.33. The normalized spacial score (nSPS) is 10.4. The van der Waals surface area contributed by atoms with E-state index in [9.17, 15) is 9.90 Å². The first kappa shape index (κ1) is 16.1. The zero-order chi connectivity index (χ0) is 16.9. The van der Waals surface area contributed by atoms with Crippen molar-refractivity contribution in [2.75, 3.05) is 0 Å². The number of rotatable bonds is 4. The zero-order valence-corrected chi connectivity index (χ0v) is 13.6. The number of phenolic OH excluding ortho intramolecular Hbond substituents is 1. The minimum absolute atomic E-state index is 0.0377. The average Bonchev–Trinajstić information content (AvgIpc) is 2.61. The van der Waals surface area contributed by atoms with Gasteiger partial charge < -0.3 is 10.4 Å². The largest absolute Gasteiger partial charge is 0.508 e. The number of benzene rings is 3. The first-order valence-corrected chi connectivity index (χ1v) is 7.93. The van der Waals surface area contributed by atoms with Gasteiger partial charge in [0.25, 0.3) is 5.91 Å². The molecule has 0 bridgehead atoms. The Kier molecular flexibility index (Phi) is 4.82. The minimum atomic E-state index is -0.260. The first-order valence-electron chi connectivity index (χ1n) is 7.55. The molecule has 0 aliphatic rings. The van der Waals surface area contributed by atoms with Gasteiger partial charge in [0.2, 0.25) is 0 Å². The Hall–Kier alpha value is -2.78. The van der Waals surface area contributed by atoms with E-state index >= 15 is 0 Å². The number of halogens is 1. The fourth-order valence-corrected chi connectivity index (χ4v) is 2.75. The number of hydrogen-bond acceptors (Lipinski definition) is 2. The van der Waals surface area contributed by atoms with Crippen molar-refractivity contribution in [2.24, 2.45) is 0 Å². The number of amides is 1. The molecule has 4 heteroatoms. The molecule has 0 radical (unpaired) electrons. The van der Waals surface area contributed by atoms with E-state index in [0.717, 1.165) is 11.1 Å². The van der Waals surface area contributed by atoms with Crippen molar-refractivity contribution >= 4 is 17.5 Å². The SMILES string of the molecule is O=C(NCc1ccccc1)c1cc(O)ccc1-c1ccccc1Cl. The summed E-state index contributed by atoms with van der Waals surface area (Å²) in [5.74, 6) is -0.222. The Morgan fingerprint density at radius 1 is 0.917 bits per heavy atom. The summed E-state index contributed by atoms with van der Waals surface area (Å²) in [4.78, 5) is 12.6. The molecule has 2 N–H and O–H groups in total. The molecule has 0 atom stereocenters. The lowest BCUT2D eigenvalue weighted by atomic mass is 9.98. The molecule has 3 nitrogen and oxygen atoms in total. The lowest BCUT2D eigenvalue weighted by molar-refractivity contribution is 0.0951. The topological polar surface area (TPSA) is 49.3 Å². The van der Waals surface area contributed by atoms with E-state index in [1.165, 1.54) is 6.07 Å². The van der Waals surface area contributed by atoms with Gasteiger partial charge in [-0.2, -0.15) is 0 Å². The monoisotopic (exact) mass is 337 g/mol. The summed E-state index contributed by atoms with van der Waals surface area (Å²) in [5, 5.41) is 13.2. The highest BCUT2D eigenvalue weighted by atomic mass is 35.5.